The van der Waals surface area contributed by atoms with E-state index in [2.05, 4.69) is 29.5 Å². The molecule has 1 saturated carbocycles. The van der Waals surface area contributed by atoms with Crippen LogP contribution in [0.4, 0.5) is 0 Å². The predicted molar refractivity (Wildman–Crippen MR) is 123 cm³/mol. The number of guanidine groups is 1. The summed E-state index contributed by atoms with van der Waals surface area (Å²) in [6.45, 7) is 9.56. The summed E-state index contributed by atoms with van der Waals surface area (Å²) in [5, 5.41) is 6.78. The zero-order chi connectivity index (χ0) is 18.8. The van der Waals surface area contributed by atoms with E-state index in [9.17, 15) is 8.42 Å². The van der Waals surface area contributed by atoms with Gasteiger partial charge in [0.2, 0.25) is 10.0 Å². The Hall–Kier alpha value is 0.220. The van der Waals surface area contributed by atoms with Gasteiger partial charge in [-0.15, -0.1) is 24.0 Å². The van der Waals surface area contributed by atoms with Crippen molar-refractivity contribution in [1.82, 2.24) is 14.9 Å². The minimum Gasteiger partial charge on any atom is -0.377 e. The summed E-state index contributed by atoms with van der Waals surface area (Å²) in [6.07, 6.45) is 1.40. The Labute approximate surface area is 184 Å². The third-order valence-corrected chi connectivity index (χ3v) is 8.51. The molecular formula is C17H33IN4O3S2. The van der Waals surface area contributed by atoms with E-state index >= 15 is 0 Å². The maximum absolute atomic E-state index is 12.5. The third kappa shape index (κ3) is 5.23. The van der Waals surface area contributed by atoms with Crippen molar-refractivity contribution in [1.29, 1.82) is 0 Å². The van der Waals surface area contributed by atoms with Gasteiger partial charge in [0, 0.05) is 55.1 Å². The molecule has 2 heterocycles. The van der Waals surface area contributed by atoms with Gasteiger partial charge < -0.3 is 15.4 Å². The van der Waals surface area contributed by atoms with Crippen LogP contribution in [0.5, 0.6) is 0 Å². The fourth-order valence-electron chi connectivity index (χ4n) is 4.31. The number of hydrogen-bond acceptors (Lipinski definition) is 5. The van der Waals surface area contributed by atoms with Crippen molar-refractivity contribution in [3.63, 3.8) is 0 Å². The van der Waals surface area contributed by atoms with Gasteiger partial charge >= 0.3 is 0 Å². The number of thioether (sulfide) groups is 1. The highest BCUT2D eigenvalue weighted by Gasteiger charge is 2.59. The lowest BCUT2D eigenvalue weighted by atomic mass is 9.57. The lowest BCUT2D eigenvalue weighted by Gasteiger charge is -2.54. The van der Waals surface area contributed by atoms with Crippen molar-refractivity contribution in [2.75, 3.05) is 50.0 Å². The maximum Gasteiger partial charge on any atom is 0.215 e. The van der Waals surface area contributed by atoms with Crippen molar-refractivity contribution in [2.45, 2.75) is 39.3 Å². The molecule has 2 saturated heterocycles. The van der Waals surface area contributed by atoms with E-state index in [4.69, 9.17) is 4.74 Å². The lowest BCUT2D eigenvalue weighted by Crippen LogP contribution is -2.68. The molecule has 0 aromatic rings. The van der Waals surface area contributed by atoms with Gasteiger partial charge in [-0.1, -0.05) is 13.8 Å². The number of halogens is 1. The molecule has 3 rings (SSSR count). The second-order valence-electron chi connectivity index (χ2n) is 7.78. The first-order valence-corrected chi connectivity index (χ1v) is 12.3. The smallest absolute Gasteiger partial charge is 0.215 e. The van der Waals surface area contributed by atoms with E-state index in [1.54, 1.807) is 4.31 Å². The number of aliphatic imine (C=N–C) groups is 1. The first-order chi connectivity index (χ1) is 12.4. The Morgan fingerprint density at radius 2 is 2.04 bits per heavy atom. The van der Waals surface area contributed by atoms with Gasteiger partial charge in [0.15, 0.2) is 5.96 Å². The summed E-state index contributed by atoms with van der Waals surface area (Å²) in [4.78, 5) is 4.54. The molecule has 0 bridgehead atoms. The summed E-state index contributed by atoms with van der Waals surface area (Å²) >= 11 is 1.81. The molecule has 3 aliphatic rings. The van der Waals surface area contributed by atoms with E-state index < -0.39 is 10.0 Å². The molecule has 0 spiro atoms. The zero-order valence-corrected chi connectivity index (χ0v) is 20.4. The van der Waals surface area contributed by atoms with Crippen LogP contribution in [0.3, 0.4) is 0 Å². The number of nitrogens with zero attached hydrogens (tertiary/aromatic N) is 2. The van der Waals surface area contributed by atoms with Crippen LogP contribution in [0, 0.1) is 11.3 Å². The molecule has 0 radical (unpaired) electrons. The Morgan fingerprint density at radius 3 is 2.70 bits per heavy atom. The molecule has 0 amide bonds. The largest absolute Gasteiger partial charge is 0.377 e. The van der Waals surface area contributed by atoms with Crippen LogP contribution in [0.15, 0.2) is 4.99 Å². The Balaban J connectivity index is 0.00000261. The standard InChI is InChI=1S/C17H32N4O3S2.HI/c1-4-18-16(20-14-13-5-9-24-15(13)17(14,2)3)19-6-12-26(22,23)21-7-10-25-11-8-21;/h13-15H,4-12H2,1-3H3,(H2,18,19,20);1H. The number of fused-ring (bicyclic) bond motifs is 1. The molecule has 10 heteroatoms. The molecule has 158 valence electrons. The number of ether oxygens (including phenoxy) is 1. The van der Waals surface area contributed by atoms with Crippen molar-refractivity contribution < 1.29 is 13.2 Å². The molecule has 0 aromatic heterocycles. The first kappa shape index (κ1) is 23.5. The third-order valence-electron chi connectivity index (χ3n) is 5.72. The molecular weight excluding hydrogens is 499 g/mol. The lowest BCUT2D eigenvalue weighted by molar-refractivity contribution is -0.106. The fraction of sp³-hybridized carbons (Fsp3) is 0.941. The molecule has 2 aliphatic heterocycles. The van der Waals surface area contributed by atoms with Crippen LogP contribution >= 0.6 is 35.7 Å². The molecule has 1 aliphatic carbocycles. The van der Waals surface area contributed by atoms with Gasteiger partial charge in [-0.2, -0.15) is 11.8 Å². The summed E-state index contributed by atoms with van der Waals surface area (Å²) in [5.41, 5.74) is 0.0644. The zero-order valence-electron chi connectivity index (χ0n) is 16.4. The second-order valence-corrected chi connectivity index (χ2v) is 11.1. The summed E-state index contributed by atoms with van der Waals surface area (Å²) in [6, 6.07) is 0.309. The highest BCUT2D eigenvalue weighted by molar-refractivity contribution is 14.0. The predicted octanol–water partition coefficient (Wildman–Crippen LogP) is 1.35. The molecule has 3 fully saturated rings. The first-order valence-electron chi connectivity index (χ1n) is 9.58. The minimum atomic E-state index is -3.21. The van der Waals surface area contributed by atoms with E-state index in [1.165, 1.54) is 0 Å². The van der Waals surface area contributed by atoms with Gasteiger partial charge in [0.25, 0.3) is 0 Å². The highest BCUT2D eigenvalue weighted by atomic mass is 127. The minimum absolute atomic E-state index is 0. The van der Waals surface area contributed by atoms with Crippen LogP contribution in [0.2, 0.25) is 0 Å². The van der Waals surface area contributed by atoms with E-state index in [0.29, 0.717) is 37.1 Å². The quantitative estimate of drug-likeness (QED) is 0.306. The summed E-state index contributed by atoms with van der Waals surface area (Å²) in [5.74, 6) is 3.06. The Bertz CT molecular complexity index is 624. The van der Waals surface area contributed by atoms with Crippen LogP contribution in [-0.2, 0) is 14.8 Å². The Kier molecular flexibility index (Phi) is 8.54. The molecule has 7 nitrogen and oxygen atoms in total. The van der Waals surface area contributed by atoms with E-state index in [-0.39, 0.29) is 41.7 Å². The average Bonchev–Trinajstić information content (AvgIpc) is 3.07. The van der Waals surface area contributed by atoms with Gasteiger partial charge in [-0.25, -0.2) is 12.7 Å². The highest BCUT2D eigenvalue weighted by Crippen LogP contribution is 2.52. The van der Waals surface area contributed by atoms with Crippen molar-refractivity contribution in [2.24, 2.45) is 16.3 Å². The monoisotopic (exact) mass is 532 g/mol. The normalized spacial score (nSPS) is 30.8. The number of nitrogens with one attached hydrogen (secondary N) is 2. The number of sulfonamides is 1. The van der Waals surface area contributed by atoms with Gasteiger partial charge in [0.05, 0.1) is 18.4 Å². The molecule has 3 unspecified atom stereocenters. The SMILES string of the molecule is CCNC(=NCCS(=O)(=O)N1CCSCC1)NC1C2CCOC2C1(C)C.I. The van der Waals surface area contributed by atoms with Gasteiger partial charge in [-0.05, 0) is 13.3 Å². The van der Waals surface area contributed by atoms with Crippen molar-refractivity contribution in [3.05, 3.63) is 0 Å². The average molecular weight is 533 g/mol. The van der Waals surface area contributed by atoms with E-state index in [1.807, 2.05) is 18.7 Å². The molecule has 27 heavy (non-hydrogen) atoms. The summed E-state index contributed by atoms with van der Waals surface area (Å²) < 4.78 is 32.4. The molecule has 2 N–H and O–H groups in total. The van der Waals surface area contributed by atoms with Crippen LogP contribution in [0.25, 0.3) is 0 Å². The Morgan fingerprint density at radius 1 is 1.33 bits per heavy atom. The van der Waals surface area contributed by atoms with E-state index in [0.717, 1.165) is 31.1 Å². The van der Waals surface area contributed by atoms with Crippen molar-refractivity contribution in [3.8, 4) is 0 Å². The molecule has 3 atom stereocenters. The van der Waals surface area contributed by atoms with Crippen LogP contribution in [0.1, 0.15) is 27.2 Å². The summed E-state index contributed by atoms with van der Waals surface area (Å²) in [7, 11) is -3.21. The van der Waals surface area contributed by atoms with Crippen LogP contribution in [-0.4, -0.2) is 80.9 Å². The van der Waals surface area contributed by atoms with Crippen molar-refractivity contribution >= 4 is 51.7 Å². The van der Waals surface area contributed by atoms with Gasteiger partial charge in [-0.3, -0.25) is 4.99 Å². The topological polar surface area (TPSA) is 83.0 Å². The maximum atomic E-state index is 12.5. The van der Waals surface area contributed by atoms with Gasteiger partial charge in [0.1, 0.15) is 0 Å². The fourth-order valence-corrected chi connectivity index (χ4v) is 6.76. The molecule has 0 aromatic carbocycles. The number of hydrogen-bond donors (Lipinski definition) is 2. The number of rotatable bonds is 6. The van der Waals surface area contributed by atoms with Crippen LogP contribution < -0.4 is 10.6 Å². The second kappa shape index (κ2) is 9.82.